The summed E-state index contributed by atoms with van der Waals surface area (Å²) in [5.41, 5.74) is 2.11. The number of benzene rings is 2. The second-order valence-corrected chi connectivity index (χ2v) is 7.77. The highest BCUT2D eigenvalue weighted by Crippen LogP contribution is 2.31. The van der Waals surface area contributed by atoms with Crippen LogP contribution in [0.3, 0.4) is 0 Å². The molecule has 0 radical (unpaired) electrons. The van der Waals surface area contributed by atoms with Crippen LogP contribution in [-0.4, -0.2) is 21.6 Å². The van der Waals surface area contributed by atoms with Crippen LogP contribution < -0.4 is 10.1 Å². The Labute approximate surface area is 186 Å². The first-order valence-corrected chi connectivity index (χ1v) is 10.2. The Bertz CT molecular complexity index is 1180. The van der Waals surface area contributed by atoms with Gasteiger partial charge in [0.2, 0.25) is 0 Å². The molecular formula is C22H17BrClFN4O. The molecule has 0 spiro atoms. The molecule has 8 heteroatoms. The Hall–Kier alpha value is -2.90. The van der Waals surface area contributed by atoms with Gasteiger partial charge in [0.15, 0.2) is 5.82 Å². The van der Waals surface area contributed by atoms with Crippen LogP contribution in [-0.2, 0) is 6.54 Å². The standard InChI is InChI=1S/C22H17BrClFN4O/c1-30-16-7-5-14(6-8-16)12-27-21-17(11-15(23)13-28-21)22-26-9-10-29(22)19-4-2-3-18(24)20(19)25/h2-11,13H,12H2,1H3,(H,27,28). The first-order valence-electron chi connectivity index (χ1n) is 9.07. The molecule has 152 valence electrons. The molecule has 0 amide bonds. The van der Waals surface area contributed by atoms with Crippen molar-refractivity contribution in [1.82, 2.24) is 14.5 Å². The van der Waals surface area contributed by atoms with Crippen molar-refractivity contribution in [1.29, 1.82) is 0 Å². The molecule has 0 saturated carbocycles. The summed E-state index contributed by atoms with van der Waals surface area (Å²) >= 11 is 9.44. The Kier molecular flexibility index (Phi) is 6.01. The molecule has 0 unspecified atom stereocenters. The van der Waals surface area contributed by atoms with Crippen LogP contribution in [0.1, 0.15) is 5.56 Å². The number of pyridine rings is 1. The number of aromatic nitrogens is 3. The third kappa shape index (κ3) is 4.17. The highest BCUT2D eigenvalue weighted by atomic mass is 79.9. The third-order valence-corrected chi connectivity index (χ3v) is 5.27. The van der Waals surface area contributed by atoms with E-state index in [1.165, 1.54) is 6.07 Å². The van der Waals surface area contributed by atoms with E-state index in [1.54, 1.807) is 42.4 Å². The summed E-state index contributed by atoms with van der Waals surface area (Å²) in [6.07, 6.45) is 5.01. The fourth-order valence-electron chi connectivity index (χ4n) is 3.06. The summed E-state index contributed by atoms with van der Waals surface area (Å²) in [7, 11) is 1.64. The van der Waals surface area contributed by atoms with Crippen LogP contribution in [0, 0.1) is 5.82 Å². The summed E-state index contributed by atoms with van der Waals surface area (Å²) in [6.45, 7) is 0.553. The highest BCUT2D eigenvalue weighted by molar-refractivity contribution is 9.10. The minimum atomic E-state index is -0.505. The van der Waals surface area contributed by atoms with Gasteiger partial charge < -0.3 is 10.1 Å². The number of methoxy groups -OCH3 is 1. The lowest BCUT2D eigenvalue weighted by Crippen LogP contribution is -2.06. The van der Waals surface area contributed by atoms with E-state index in [4.69, 9.17) is 16.3 Å². The maximum absolute atomic E-state index is 14.6. The predicted molar refractivity (Wildman–Crippen MR) is 120 cm³/mol. The lowest BCUT2D eigenvalue weighted by Gasteiger charge is -2.14. The van der Waals surface area contributed by atoms with Gasteiger partial charge in [-0.3, -0.25) is 4.57 Å². The van der Waals surface area contributed by atoms with Crippen molar-refractivity contribution in [2.24, 2.45) is 0 Å². The molecule has 4 rings (SSSR count). The van der Waals surface area contributed by atoms with Crippen LogP contribution >= 0.6 is 27.5 Å². The van der Waals surface area contributed by atoms with Gasteiger partial charge in [0.1, 0.15) is 17.4 Å². The van der Waals surface area contributed by atoms with E-state index in [-0.39, 0.29) is 5.02 Å². The van der Waals surface area contributed by atoms with Crippen molar-refractivity contribution in [3.05, 3.63) is 88.0 Å². The zero-order valence-electron chi connectivity index (χ0n) is 15.9. The molecule has 0 atom stereocenters. The van der Waals surface area contributed by atoms with E-state index in [1.807, 2.05) is 30.3 Å². The zero-order chi connectivity index (χ0) is 21.1. The van der Waals surface area contributed by atoms with E-state index in [0.717, 1.165) is 21.3 Å². The molecule has 30 heavy (non-hydrogen) atoms. The molecule has 5 nitrogen and oxygen atoms in total. The maximum atomic E-state index is 14.6. The maximum Gasteiger partial charge on any atom is 0.165 e. The number of nitrogens with one attached hydrogen (secondary N) is 1. The fourth-order valence-corrected chi connectivity index (χ4v) is 3.56. The van der Waals surface area contributed by atoms with Crippen LogP contribution in [0.15, 0.2) is 71.6 Å². The van der Waals surface area contributed by atoms with Gasteiger partial charge >= 0.3 is 0 Å². The molecule has 0 aliphatic rings. The number of imidazole rings is 1. The van der Waals surface area contributed by atoms with Gasteiger partial charge in [0.25, 0.3) is 0 Å². The second kappa shape index (κ2) is 8.85. The molecule has 2 aromatic carbocycles. The van der Waals surface area contributed by atoms with E-state index >= 15 is 0 Å². The van der Waals surface area contributed by atoms with Gasteiger partial charge in [0.05, 0.1) is 23.4 Å². The lowest BCUT2D eigenvalue weighted by molar-refractivity contribution is 0.414. The number of hydrogen-bond donors (Lipinski definition) is 1. The van der Waals surface area contributed by atoms with E-state index < -0.39 is 5.82 Å². The van der Waals surface area contributed by atoms with Gasteiger partial charge in [-0.15, -0.1) is 0 Å². The quantitative estimate of drug-likeness (QED) is 0.356. The lowest BCUT2D eigenvalue weighted by atomic mass is 10.2. The molecular weight excluding hydrogens is 471 g/mol. The SMILES string of the molecule is COc1ccc(CNc2ncc(Br)cc2-c2nccn2-c2cccc(Cl)c2F)cc1. The van der Waals surface area contributed by atoms with Crippen molar-refractivity contribution in [3.8, 4) is 22.8 Å². The van der Waals surface area contributed by atoms with Crippen molar-refractivity contribution >= 4 is 33.3 Å². The Balaban J connectivity index is 1.69. The molecule has 0 aliphatic heterocycles. The number of anilines is 1. The normalized spacial score (nSPS) is 10.8. The number of nitrogens with zero attached hydrogens (tertiary/aromatic N) is 3. The number of ether oxygens (including phenoxy) is 1. The van der Waals surface area contributed by atoms with Gasteiger partial charge in [-0.25, -0.2) is 14.4 Å². The average Bonchev–Trinajstić information content (AvgIpc) is 3.24. The summed E-state index contributed by atoms with van der Waals surface area (Å²) < 4.78 is 22.3. The molecule has 0 fully saturated rings. The minimum Gasteiger partial charge on any atom is -0.497 e. The monoisotopic (exact) mass is 486 g/mol. The van der Waals surface area contributed by atoms with Gasteiger partial charge in [0, 0.05) is 29.6 Å². The van der Waals surface area contributed by atoms with E-state index in [2.05, 4.69) is 31.2 Å². The average molecular weight is 488 g/mol. The predicted octanol–water partition coefficient (Wildman–Crippen LogP) is 6.11. The van der Waals surface area contributed by atoms with Crippen molar-refractivity contribution < 1.29 is 9.13 Å². The Morgan fingerprint density at radius 2 is 1.97 bits per heavy atom. The smallest absolute Gasteiger partial charge is 0.165 e. The van der Waals surface area contributed by atoms with E-state index in [9.17, 15) is 4.39 Å². The molecule has 1 N–H and O–H groups in total. The van der Waals surface area contributed by atoms with Gasteiger partial charge in [-0.1, -0.05) is 29.8 Å². The number of halogens is 3. The Morgan fingerprint density at radius 3 is 2.73 bits per heavy atom. The summed E-state index contributed by atoms with van der Waals surface area (Å²) in [5.74, 6) is 1.46. The van der Waals surface area contributed by atoms with Crippen LogP contribution in [0.25, 0.3) is 17.1 Å². The molecule has 2 heterocycles. The Morgan fingerprint density at radius 1 is 1.17 bits per heavy atom. The molecule has 0 aliphatic carbocycles. The van der Waals surface area contributed by atoms with Gasteiger partial charge in [-0.2, -0.15) is 0 Å². The largest absolute Gasteiger partial charge is 0.497 e. The second-order valence-electron chi connectivity index (χ2n) is 6.45. The molecule has 0 bridgehead atoms. The molecule has 0 saturated heterocycles. The summed E-state index contributed by atoms with van der Waals surface area (Å²) in [6, 6.07) is 14.5. The molecule has 2 aromatic heterocycles. The van der Waals surface area contributed by atoms with Crippen LogP contribution in [0.5, 0.6) is 5.75 Å². The van der Waals surface area contributed by atoms with Crippen molar-refractivity contribution in [3.63, 3.8) is 0 Å². The first kappa shape index (κ1) is 20.4. The van der Waals surface area contributed by atoms with Crippen LogP contribution in [0.2, 0.25) is 5.02 Å². The number of hydrogen-bond acceptors (Lipinski definition) is 4. The molecule has 4 aromatic rings. The third-order valence-electron chi connectivity index (χ3n) is 4.55. The summed E-state index contributed by atoms with van der Waals surface area (Å²) in [4.78, 5) is 8.95. The topological polar surface area (TPSA) is 52.0 Å². The van der Waals surface area contributed by atoms with E-state index in [0.29, 0.717) is 23.9 Å². The summed E-state index contributed by atoms with van der Waals surface area (Å²) in [5, 5.41) is 3.39. The first-order chi connectivity index (χ1) is 14.6. The van der Waals surface area contributed by atoms with Crippen LogP contribution in [0.4, 0.5) is 10.2 Å². The van der Waals surface area contributed by atoms with Gasteiger partial charge in [-0.05, 0) is 51.8 Å². The number of rotatable bonds is 6. The zero-order valence-corrected chi connectivity index (χ0v) is 18.3. The highest BCUT2D eigenvalue weighted by Gasteiger charge is 2.17. The van der Waals surface area contributed by atoms with Crippen molar-refractivity contribution in [2.75, 3.05) is 12.4 Å². The van der Waals surface area contributed by atoms with Crippen molar-refractivity contribution in [2.45, 2.75) is 6.54 Å². The minimum absolute atomic E-state index is 0.0531. The fraction of sp³-hybridized carbons (Fsp3) is 0.0909.